The van der Waals surface area contributed by atoms with Gasteiger partial charge in [0.1, 0.15) is 5.75 Å². The third-order valence-corrected chi connectivity index (χ3v) is 9.16. The zero-order chi connectivity index (χ0) is 23.8. The minimum Gasteiger partial charge on any atom is -0.496 e. The first-order chi connectivity index (χ1) is 17.0. The van der Waals surface area contributed by atoms with E-state index in [-0.39, 0.29) is 47.7 Å². The number of carbonyl (C=O) groups is 2. The van der Waals surface area contributed by atoms with E-state index >= 15 is 0 Å². The number of hydrogen-bond acceptors (Lipinski definition) is 5. The second-order valence-corrected chi connectivity index (χ2v) is 11.0. The molecule has 6 aliphatic rings. The van der Waals surface area contributed by atoms with Crippen LogP contribution >= 0.6 is 0 Å². The van der Waals surface area contributed by atoms with Crippen LogP contribution in [0.3, 0.4) is 0 Å². The van der Waals surface area contributed by atoms with Gasteiger partial charge in [0, 0.05) is 66.9 Å². The lowest BCUT2D eigenvalue weighted by Gasteiger charge is -2.39. The van der Waals surface area contributed by atoms with Crippen LogP contribution in [0.5, 0.6) is 5.75 Å². The summed E-state index contributed by atoms with van der Waals surface area (Å²) >= 11 is 0. The molecule has 3 fully saturated rings. The average Bonchev–Trinajstić information content (AvgIpc) is 3.38. The molecule has 0 radical (unpaired) electrons. The molecule has 3 amide bonds. The van der Waals surface area contributed by atoms with Crippen molar-refractivity contribution in [2.45, 2.75) is 31.3 Å². The molecule has 2 aliphatic carbocycles. The van der Waals surface area contributed by atoms with Gasteiger partial charge in [-0.1, -0.05) is 30.4 Å². The Labute approximate surface area is 206 Å². The van der Waals surface area contributed by atoms with Gasteiger partial charge in [-0.25, -0.2) is 4.79 Å². The first-order valence-corrected chi connectivity index (χ1v) is 12.9. The lowest BCUT2D eigenvalue weighted by Crippen LogP contribution is -2.58. The third kappa shape index (κ3) is 3.13. The molecule has 1 aromatic carbocycles. The highest BCUT2D eigenvalue weighted by molar-refractivity contribution is 5.97. The largest absolute Gasteiger partial charge is 0.496 e. The maximum Gasteiger partial charge on any atom is 0.324 e. The molecule has 2 saturated heterocycles. The standard InChI is InChI=1S/C28H32N4O3/c1-30-13-16-10-11-17(14-30)32(16)28(34)29-27(33)26-21-15-31-22-8-5-9-24(35-2)20(22)12-23(31)18-6-3-4-7-19(18)25(21)26/h3-9,16-17,19,21,25-26H,10-15H2,1-2H3,(H,29,33,34)/t16-,17?,19?,21?,25?,26?/m1/s1. The van der Waals surface area contributed by atoms with Crippen LogP contribution in [-0.2, 0) is 11.2 Å². The fraction of sp³-hybridized carbons (Fsp3) is 0.500. The molecule has 1 aromatic rings. The smallest absolute Gasteiger partial charge is 0.324 e. The fourth-order valence-electron chi connectivity index (χ4n) is 7.64. The first-order valence-electron chi connectivity index (χ1n) is 12.9. The maximum atomic E-state index is 13.5. The van der Waals surface area contributed by atoms with Crippen molar-refractivity contribution >= 4 is 17.6 Å². The Morgan fingerprint density at radius 3 is 2.66 bits per heavy atom. The normalized spacial score (nSPS) is 34.1. The molecule has 4 heterocycles. The Hall–Kier alpha value is -3.06. The molecule has 4 aliphatic heterocycles. The molecule has 0 aromatic heterocycles. The minimum atomic E-state index is -0.191. The predicted octanol–water partition coefficient (Wildman–Crippen LogP) is 2.94. The number of likely N-dealkylation sites (N-methyl/N-ethyl adjacent to an activating group) is 1. The number of urea groups is 1. The quantitative estimate of drug-likeness (QED) is 0.717. The van der Waals surface area contributed by atoms with Crippen LogP contribution in [0.4, 0.5) is 10.5 Å². The third-order valence-electron chi connectivity index (χ3n) is 9.16. The summed E-state index contributed by atoms with van der Waals surface area (Å²) in [6, 6.07) is 6.47. The lowest BCUT2D eigenvalue weighted by atomic mass is 9.87. The highest BCUT2D eigenvalue weighted by Crippen LogP contribution is 2.59. The number of benzene rings is 1. The average molecular weight is 473 g/mol. The van der Waals surface area contributed by atoms with Gasteiger partial charge >= 0.3 is 6.03 Å². The van der Waals surface area contributed by atoms with Crippen LogP contribution in [0.1, 0.15) is 18.4 Å². The van der Waals surface area contributed by atoms with Gasteiger partial charge in [-0.15, -0.1) is 0 Å². The number of fused-ring (bicyclic) bond motifs is 8. The molecular formula is C28H32N4O3. The summed E-state index contributed by atoms with van der Waals surface area (Å²) in [4.78, 5) is 33.3. The number of hydrogen-bond donors (Lipinski definition) is 1. The number of carbonyl (C=O) groups excluding carboxylic acids is 2. The Balaban J connectivity index is 1.15. The van der Waals surface area contributed by atoms with E-state index in [2.05, 4.69) is 52.5 Å². The molecule has 35 heavy (non-hydrogen) atoms. The van der Waals surface area contributed by atoms with Crippen molar-refractivity contribution in [3.05, 3.63) is 59.3 Å². The zero-order valence-corrected chi connectivity index (χ0v) is 20.3. The molecule has 182 valence electrons. The van der Waals surface area contributed by atoms with Crippen molar-refractivity contribution < 1.29 is 14.3 Å². The van der Waals surface area contributed by atoms with E-state index in [1.165, 1.54) is 22.5 Å². The molecular weight excluding hydrogens is 440 g/mol. The van der Waals surface area contributed by atoms with Crippen molar-refractivity contribution in [1.29, 1.82) is 0 Å². The number of ether oxygens (including phenoxy) is 1. The Morgan fingerprint density at radius 1 is 1.09 bits per heavy atom. The van der Waals surface area contributed by atoms with Gasteiger partial charge in [-0.2, -0.15) is 0 Å². The number of imide groups is 1. The van der Waals surface area contributed by atoms with Gasteiger partial charge in [0.25, 0.3) is 0 Å². The van der Waals surface area contributed by atoms with Crippen molar-refractivity contribution in [2.75, 3.05) is 38.7 Å². The number of nitrogens with one attached hydrogen (secondary N) is 1. The van der Waals surface area contributed by atoms with E-state index in [1.807, 2.05) is 17.0 Å². The maximum absolute atomic E-state index is 13.5. The number of allylic oxidation sites excluding steroid dienone is 6. The van der Waals surface area contributed by atoms with Gasteiger partial charge in [0.15, 0.2) is 0 Å². The summed E-state index contributed by atoms with van der Waals surface area (Å²) in [6.07, 6.45) is 11.6. The van der Waals surface area contributed by atoms with Crippen molar-refractivity contribution in [2.24, 2.45) is 23.7 Å². The van der Waals surface area contributed by atoms with Crippen LogP contribution < -0.4 is 15.0 Å². The SMILES string of the molecule is COc1cccc2c1CC1=C3C=CC=CC3C3C(CN12)C3C(=O)NC(=O)N1C2CC[C@@H]1CN(C)C2. The molecule has 7 heteroatoms. The molecule has 0 spiro atoms. The summed E-state index contributed by atoms with van der Waals surface area (Å²) in [6.45, 7) is 2.58. The van der Waals surface area contributed by atoms with Crippen LogP contribution in [0.25, 0.3) is 0 Å². The Bertz CT molecular complexity index is 1190. The molecule has 6 atom stereocenters. The van der Waals surface area contributed by atoms with E-state index in [9.17, 15) is 9.59 Å². The molecule has 7 rings (SSSR count). The molecule has 5 unspecified atom stereocenters. The number of piperazine rings is 1. The Kier molecular flexibility index (Phi) is 4.68. The number of methoxy groups -OCH3 is 1. The lowest BCUT2D eigenvalue weighted by molar-refractivity contribution is -0.122. The summed E-state index contributed by atoms with van der Waals surface area (Å²) in [5, 5.41) is 2.83. The van der Waals surface area contributed by atoms with E-state index < -0.39 is 0 Å². The van der Waals surface area contributed by atoms with Gasteiger partial charge in [-0.05, 0) is 49.4 Å². The molecule has 1 N–H and O–H groups in total. The van der Waals surface area contributed by atoms with E-state index in [0.717, 1.165) is 44.6 Å². The van der Waals surface area contributed by atoms with E-state index in [1.54, 1.807) is 7.11 Å². The predicted molar refractivity (Wildman–Crippen MR) is 133 cm³/mol. The number of anilines is 1. The van der Waals surface area contributed by atoms with Crippen LogP contribution in [0.15, 0.2) is 53.8 Å². The van der Waals surface area contributed by atoms with Gasteiger partial charge in [0.05, 0.1) is 7.11 Å². The van der Waals surface area contributed by atoms with E-state index in [0.29, 0.717) is 0 Å². The second-order valence-electron chi connectivity index (χ2n) is 11.0. The fourth-order valence-corrected chi connectivity index (χ4v) is 7.64. The summed E-state index contributed by atoms with van der Waals surface area (Å²) in [5.74, 6) is 1.34. The Morgan fingerprint density at radius 2 is 1.89 bits per heavy atom. The van der Waals surface area contributed by atoms with Crippen molar-refractivity contribution in [3.63, 3.8) is 0 Å². The summed E-state index contributed by atoms with van der Waals surface area (Å²) in [5.41, 5.74) is 5.04. The topological polar surface area (TPSA) is 65.1 Å². The number of likely N-dealkylation sites (tertiary alicyclic amines) is 1. The van der Waals surface area contributed by atoms with Crippen LogP contribution in [-0.4, -0.2) is 67.6 Å². The number of nitrogens with zero attached hydrogens (tertiary/aromatic N) is 3. The first kappa shape index (κ1) is 21.2. The van der Waals surface area contributed by atoms with Gasteiger partial charge < -0.3 is 19.4 Å². The van der Waals surface area contributed by atoms with E-state index in [4.69, 9.17) is 4.74 Å². The van der Waals surface area contributed by atoms with Gasteiger partial charge in [0.2, 0.25) is 5.91 Å². The summed E-state index contributed by atoms with van der Waals surface area (Å²) < 4.78 is 5.67. The zero-order valence-electron chi connectivity index (χ0n) is 20.3. The molecule has 2 bridgehead atoms. The van der Waals surface area contributed by atoms with Crippen LogP contribution in [0, 0.1) is 23.7 Å². The van der Waals surface area contributed by atoms with Crippen molar-refractivity contribution in [3.8, 4) is 5.75 Å². The number of amides is 3. The van der Waals surface area contributed by atoms with Crippen LogP contribution in [0.2, 0.25) is 0 Å². The van der Waals surface area contributed by atoms with Crippen molar-refractivity contribution in [1.82, 2.24) is 15.1 Å². The molecule has 7 nitrogen and oxygen atoms in total. The highest BCUT2D eigenvalue weighted by atomic mass is 16.5. The minimum absolute atomic E-state index is 0.0980. The second kappa shape index (κ2) is 7.72. The molecule has 1 saturated carbocycles. The highest BCUT2D eigenvalue weighted by Gasteiger charge is 2.61. The number of rotatable bonds is 2. The monoisotopic (exact) mass is 472 g/mol. The van der Waals surface area contributed by atoms with Gasteiger partial charge in [-0.3, -0.25) is 10.1 Å². The summed E-state index contributed by atoms with van der Waals surface area (Å²) in [7, 11) is 3.84.